The highest BCUT2D eigenvalue weighted by Crippen LogP contribution is 2.41. The number of nitrogens with one attached hydrogen (secondary N) is 1. The number of hydrogen-bond acceptors (Lipinski definition) is 5. The summed E-state index contributed by atoms with van der Waals surface area (Å²) < 4.78 is 0.313. The minimum Gasteiger partial charge on any atom is -0.315 e. The van der Waals surface area contributed by atoms with Gasteiger partial charge in [-0.05, 0) is 37.8 Å². The maximum absolute atomic E-state index is 4.25. The average Bonchev–Trinajstić information content (AvgIpc) is 2.85. The van der Waals surface area contributed by atoms with E-state index in [1.54, 1.807) is 7.05 Å². The van der Waals surface area contributed by atoms with Crippen LogP contribution in [0.2, 0.25) is 0 Å². The van der Waals surface area contributed by atoms with E-state index in [0.717, 1.165) is 12.2 Å². The van der Waals surface area contributed by atoms with Crippen LogP contribution in [-0.4, -0.2) is 43.8 Å². The molecule has 0 bridgehead atoms. The molecule has 5 nitrogen and oxygen atoms in total. The van der Waals surface area contributed by atoms with Gasteiger partial charge in [0.1, 0.15) is 0 Å². The van der Waals surface area contributed by atoms with Crippen LogP contribution in [0.3, 0.4) is 0 Å². The summed E-state index contributed by atoms with van der Waals surface area (Å²) in [5.41, 5.74) is 0. The quantitative estimate of drug-likeness (QED) is 0.838. The molecule has 0 saturated carbocycles. The largest absolute Gasteiger partial charge is 0.315 e. The molecule has 0 amide bonds. The van der Waals surface area contributed by atoms with Crippen LogP contribution in [-0.2, 0) is 13.5 Å². The Hall–Kier alpha value is -0.620. The van der Waals surface area contributed by atoms with Gasteiger partial charge in [0.2, 0.25) is 0 Å². The molecule has 0 spiro atoms. The maximum Gasteiger partial charge on any atom is 0.176 e. The molecular formula is C10H19N5S. The van der Waals surface area contributed by atoms with Crippen LogP contribution in [0.5, 0.6) is 0 Å². The molecule has 1 aromatic rings. The number of thioether (sulfide) groups is 1. The summed E-state index contributed by atoms with van der Waals surface area (Å²) in [4.78, 5) is 1.52. The van der Waals surface area contributed by atoms with Gasteiger partial charge in [0.05, 0.1) is 7.05 Å². The first-order valence-electron chi connectivity index (χ1n) is 5.68. The number of aryl methyl sites for hydroxylation is 1. The first-order valence-corrected chi connectivity index (χ1v) is 6.67. The minimum absolute atomic E-state index is 0.313. The lowest BCUT2D eigenvalue weighted by atomic mass is 9.93. The Morgan fingerprint density at radius 2 is 2.44 bits per heavy atom. The molecule has 2 heterocycles. The Labute approximate surface area is 100 Å². The third kappa shape index (κ3) is 2.38. The van der Waals surface area contributed by atoms with Crippen molar-refractivity contribution in [2.24, 2.45) is 7.05 Å². The number of tetrazole rings is 1. The zero-order chi connectivity index (χ0) is 11.6. The van der Waals surface area contributed by atoms with Crippen LogP contribution in [0, 0.1) is 0 Å². The molecule has 0 aliphatic carbocycles. The predicted octanol–water partition coefficient (Wildman–Crippen LogP) is 0.626. The monoisotopic (exact) mass is 241 g/mol. The normalized spacial score (nSPS) is 27.2. The van der Waals surface area contributed by atoms with Gasteiger partial charge in [-0.25, -0.2) is 0 Å². The van der Waals surface area contributed by atoms with Gasteiger partial charge < -0.3 is 5.32 Å². The van der Waals surface area contributed by atoms with Crippen molar-refractivity contribution in [1.29, 1.82) is 0 Å². The number of nitrogens with zero attached hydrogens (tertiary/aromatic N) is 4. The van der Waals surface area contributed by atoms with E-state index in [2.05, 4.69) is 39.4 Å². The molecule has 1 saturated heterocycles. The zero-order valence-corrected chi connectivity index (χ0v) is 10.9. The smallest absolute Gasteiger partial charge is 0.176 e. The molecule has 1 aliphatic heterocycles. The van der Waals surface area contributed by atoms with Crippen molar-refractivity contribution in [3.05, 3.63) is 5.82 Å². The lowest BCUT2D eigenvalue weighted by molar-refractivity contribution is 0.417. The lowest BCUT2D eigenvalue weighted by Crippen LogP contribution is -2.45. The summed E-state index contributed by atoms with van der Waals surface area (Å²) in [5, 5.41) is 15.6. The topological polar surface area (TPSA) is 55.6 Å². The Morgan fingerprint density at radius 1 is 1.62 bits per heavy atom. The Morgan fingerprint density at radius 3 is 2.94 bits per heavy atom. The lowest BCUT2D eigenvalue weighted by Gasteiger charge is -2.32. The predicted molar refractivity (Wildman–Crippen MR) is 65.4 cm³/mol. The molecule has 0 radical (unpaired) electrons. The molecule has 2 unspecified atom stereocenters. The van der Waals surface area contributed by atoms with Crippen molar-refractivity contribution in [2.75, 3.05) is 12.8 Å². The fourth-order valence-electron chi connectivity index (χ4n) is 2.29. The van der Waals surface area contributed by atoms with Crippen molar-refractivity contribution in [2.45, 2.75) is 37.0 Å². The van der Waals surface area contributed by atoms with E-state index in [4.69, 9.17) is 0 Å². The van der Waals surface area contributed by atoms with Gasteiger partial charge in [0.25, 0.3) is 0 Å². The summed E-state index contributed by atoms with van der Waals surface area (Å²) in [6, 6.07) is 0.421. The van der Waals surface area contributed by atoms with Crippen molar-refractivity contribution in [1.82, 2.24) is 25.5 Å². The second-order valence-corrected chi connectivity index (χ2v) is 6.13. The SMILES string of the molecule is CNC(Cc1nnn(C)n1)C1(C)CCCS1. The summed E-state index contributed by atoms with van der Waals surface area (Å²) >= 11 is 2.06. The molecule has 2 atom stereocenters. The van der Waals surface area contributed by atoms with E-state index < -0.39 is 0 Å². The fourth-order valence-corrected chi connectivity index (χ4v) is 3.73. The first-order chi connectivity index (χ1) is 7.64. The molecular weight excluding hydrogens is 222 g/mol. The average molecular weight is 241 g/mol. The molecule has 1 N–H and O–H groups in total. The highest BCUT2D eigenvalue weighted by Gasteiger charge is 2.37. The summed E-state index contributed by atoms with van der Waals surface area (Å²) in [5.74, 6) is 2.10. The van der Waals surface area contributed by atoms with Gasteiger partial charge in [0, 0.05) is 17.2 Å². The van der Waals surface area contributed by atoms with Crippen molar-refractivity contribution < 1.29 is 0 Å². The van der Waals surface area contributed by atoms with Gasteiger partial charge >= 0.3 is 0 Å². The van der Waals surface area contributed by atoms with Crippen LogP contribution in [0.1, 0.15) is 25.6 Å². The maximum atomic E-state index is 4.25. The number of rotatable bonds is 4. The molecule has 6 heteroatoms. The van der Waals surface area contributed by atoms with Crippen LogP contribution >= 0.6 is 11.8 Å². The van der Waals surface area contributed by atoms with E-state index >= 15 is 0 Å². The number of aromatic nitrogens is 4. The van der Waals surface area contributed by atoms with Crippen LogP contribution in [0.4, 0.5) is 0 Å². The van der Waals surface area contributed by atoms with Crippen molar-refractivity contribution >= 4 is 11.8 Å². The Balaban J connectivity index is 2.05. The van der Waals surface area contributed by atoms with Crippen molar-refractivity contribution in [3.63, 3.8) is 0 Å². The van der Waals surface area contributed by atoms with Crippen LogP contribution in [0.15, 0.2) is 0 Å². The standard InChI is InChI=1S/C10H19N5S/c1-10(5-4-6-16-10)8(11-2)7-9-12-14-15(3)13-9/h8,11H,4-7H2,1-3H3. The highest BCUT2D eigenvalue weighted by molar-refractivity contribution is 8.00. The van der Waals surface area contributed by atoms with Gasteiger partial charge in [-0.1, -0.05) is 0 Å². The molecule has 0 aromatic carbocycles. The molecule has 1 fully saturated rings. The van der Waals surface area contributed by atoms with E-state index in [-0.39, 0.29) is 0 Å². The summed E-state index contributed by atoms with van der Waals surface area (Å²) in [6.45, 7) is 2.34. The van der Waals surface area contributed by atoms with E-state index in [0.29, 0.717) is 10.8 Å². The van der Waals surface area contributed by atoms with Crippen LogP contribution < -0.4 is 5.32 Å². The van der Waals surface area contributed by atoms with Gasteiger partial charge in [-0.15, -0.1) is 10.2 Å². The highest BCUT2D eigenvalue weighted by atomic mass is 32.2. The second kappa shape index (κ2) is 4.71. The van der Waals surface area contributed by atoms with Crippen molar-refractivity contribution in [3.8, 4) is 0 Å². The number of hydrogen-bond donors (Lipinski definition) is 1. The van der Waals surface area contributed by atoms with Gasteiger partial charge in [0.15, 0.2) is 5.82 Å². The Bertz CT molecular complexity index is 345. The molecule has 2 rings (SSSR count). The molecule has 90 valence electrons. The summed E-state index contributed by atoms with van der Waals surface area (Å²) in [6.07, 6.45) is 3.44. The third-order valence-corrected chi connectivity index (χ3v) is 4.91. The van der Waals surface area contributed by atoms with Gasteiger partial charge in [-0.2, -0.15) is 16.6 Å². The fraction of sp³-hybridized carbons (Fsp3) is 0.900. The molecule has 16 heavy (non-hydrogen) atoms. The Kier molecular flexibility index (Phi) is 3.49. The minimum atomic E-state index is 0.313. The third-order valence-electron chi connectivity index (χ3n) is 3.27. The van der Waals surface area contributed by atoms with Crippen LogP contribution in [0.25, 0.3) is 0 Å². The van der Waals surface area contributed by atoms with E-state index in [1.807, 2.05) is 7.05 Å². The number of likely N-dealkylation sites (N-methyl/N-ethyl adjacent to an activating group) is 1. The van der Waals surface area contributed by atoms with E-state index in [9.17, 15) is 0 Å². The zero-order valence-electron chi connectivity index (χ0n) is 10.1. The second-order valence-electron chi connectivity index (χ2n) is 4.51. The molecule has 1 aromatic heterocycles. The van der Waals surface area contributed by atoms with E-state index in [1.165, 1.54) is 23.4 Å². The van der Waals surface area contributed by atoms with Gasteiger partial charge in [-0.3, -0.25) is 0 Å². The summed E-state index contributed by atoms with van der Waals surface area (Å²) in [7, 11) is 3.82. The first kappa shape index (κ1) is 11.9. The molecule has 1 aliphatic rings.